The van der Waals surface area contributed by atoms with Crippen molar-refractivity contribution >= 4 is 0 Å². The highest BCUT2D eigenvalue weighted by Crippen LogP contribution is 2.15. The van der Waals surface area contributed by atoms with Crippen LogP contribution < -0.4 is 5.32 Å². The maximum Gasteiger partial charge on any atom is 0.124 e. The van der Waals surface area contributed by atoms with Gasteiger partial charge in [0, 0.05) is 12.3 Å². The summed E-state index contributed by atoms with van der Waals surface area (Å²) in [5, 5.41) is 12.7. The number of hydrogen-bond acceptors (Lipinski definition) is 4. The lowest BCUT2D eigenvalue weighted by Crippen LogP contribution is -2.33. The number of aliphatic hydroxyl groups excluding tert-OH is 1. The Morgan fingerprint density at radius 1 is 1.35 bits per heavy atom. The predicted octanol–water partition coefficient (Wildman–Crippen LogP) is 3.21. The third kappa shape index (κ3) is 11.3. The molecule has 0 aliphatic heterocycles. The van der Waals surface area contributed by atoms with Crippen molar-refractivity contribution in [3.8, 4) is 0 Å². The summed E-state index contributed by atoms with van der Waals surface area (Å²) in [4.78, 5) is 0. The first-order chi connectivity index (χ1) is 9.26. The van der Waals surface area contributed by atoms with Gasteiger partial charge in [0.1, 0.15) is 6.23 Å². The van der Waals surface area contributed by atoms with Gasteiger partial charge in [-0.1, -0.05) is 19.9 Å². The lowest BCUT2D eigenvalue weighted by Gasteiger charge is -2.27. The van der Waals surface area contributed by atoms with Crippen LogP contribution in [0, 0.1) is 0 Å². The van der Waals surface area contributed by atoms with Crippen LogP contribution in [-0.4, -0.2) is 36.3 Å². The van der Waals surface area contributed by atoms with Crippen LogP contribution in [0.15, 0.2) is 12.3 Å². The molecule has 0 aromatic heterocycles. The Hall–Kier alpha value is -0.580. The normalized spacial score (nSPS) is 13.6. The van der Waals surface area contributed by atoms with E-state index in [1.165, 1.54) is 0 Å². The molecule has 0 heterocycles. The Labute approximate surface area is 124 Å². The molecule has 1 atom stereocenters. The third-order valence-electron chi connectivity index (χ3n) is 2.99. The zero-order valence-corrected chi connectivity index (χ0v) is 13.9. The highest BCUT2D eigenvalue weighted by Gasteiger charge is 2.19. The summed E-state index contributed by atoms with van der Waals surface area (Å²) in [6, 6.07) is 0. The molecule has 4 heteroatoms. The Morgan fingerprint density at radius 3 is 2.55 bits per heavy atom. The van der Waals surface area contributed by atoms with Gasteiger partial charge in [0.2, 0.25) is 0 Å². The van der Waals surface area contributed by atoms with Gasteiger partial charge in [-0.05, 0) is 47.0 Å². The lowest BCUT2D eigenvalue weighted by molar-refractivity contribution is -0.0408. The Balaban J connectivity index is 3.85. The van der Waals surface area contributed by atoms with Crippen molar-refractivity contribution in [2.24, 2.45) is 0 Å². The number of rotatable bonds is 12. The first-order valence-electron chi connectivity index (χ1n) is 7.64. The lowest BCUT2D eigenvalue weighted by atomic mass is 10.1. The van der Waals surface area contributed by atoms with Gasteiger partial charge in [0.25, 0.3) is 0 Å². The second kappa shape index (κ2) is 10.2. The van der Waals surface area contributed by atoms with Crippen molar-refractivity contribution in [2.75, 3.05) is 13.2 Å². The van der Waals surface area contributed by atoms with Gasteiger partial charge in [-0.25, -0.2) is 0 Å². The van der Waals surface area contributed by atoms with Gasteiger partial charge >= 0.3 is 0 Å². The number of unbranched alkanes of at least 4 members (excludes halogenated alkanes) is 1. The molecule has 2 N–H and O–H groups in total. The van der Waals surface area contributed by atoms with E-state index in [9.17, 15) is 5.11 Å². The minimum absolute atomic E-state index is 0.246. The number of hydrogen-bond donors (Lipinski definition) is 2. The average molecular weight is 287 g/mol. The van der Waals surface area contributed by atoms with Crippen molar-refractivity contribution in [2.45, 2.75) is 78.2 Å². The number of nitrogens with one attached hydrogen (secondary N) is 1. The fourth-order valence-electron chi connectivity index (χ4n) is 1.64. The van der Waals surface area contributed by atoms with E-state index in [2.05, 4.69) is 18.8 Å². The quantitative estimate of drug-likeness (QED) is 0.541. The zero-order chi connectivity index (χ0) is 15.6. The van der Waals surface area contributed by atoms with Crippen LogP contribution in [0.4, 0.5) is 0 Å². The molecule has 0 aliphatic carbocycles. The first-order valence-corrected chi connectivity index (χ1v) is 7.64. The van der Waals surface area contributed by atoms with E-state index < -0.39 is 6.23 Å². The van der Waals surface area contributed by atoms with Gasteiger partial charge < -0.3 is 19.9 Å². The van der Waals surface area contributed by atoms with Crippen molar-refractivity contribution in [1.82, 2.24) is 5.32 Å². The van der Waals surface area contributed by atoms with Crippen LogP contribution in [0.3, 0.4) is 0 Å². The summed E-state index contributed by atoms with van der Waals surface area (Å²) in [7, 11) is 0. The summed E-state index contributed by atoms with van der Waals surface area (Å²) in [6.45, 7) is 15.2. The molecule has 4 nitrogen and oxygen atoms in total. The molecule has 0 spiro atoms. The van der Waals surface area contributed by atoms with Crippen molar-refractivity contribution in [3.05, 3.63) is 12.3 Å². The molecule has 0 aromatic carbocycles. The molecular weight excluding hydrogens is 254 g/mol. The van der Waals surface area contributed by atoms with E-state index in [4.69, 9.17) is 9.47 Å². The van der Waals surface area contributed by atoms with Gasteiger partial charge in [0.15, 0.2) is 0 Å². The molecule has 1 unspecified atom stereocenters. The second-order valence-electron chi connectivity index (χ2n) is 6.12. The molecule has 120 valence electrons. The van der Waals surface area contributed by atoms with Crippen molar-refractivity contribution in [1.29, 1.82) is 0 Å². The summed E-state index contributed by atoms with van der Waals surface area (Å²) < 4.78 is 11.4. The van der Waals surface area contributed by atoms with E-state index in [-0.39, 0.29) is 11.7 Å². The highest BCUT2D eigenvalue weighted by atomic mass is 16.5. The largest absolute Gasteiger partial charge is 0.379 e. The van der Waals surface area contributed by atoms with Crippen LogP contribution in [0.5, 0.6) is 0 Å². The van der Waals surface area contributed by atoms with E-state index in [0.29, 0.717) is 18.9 Å². The molecule has 0 aromatic rings. The Morgan fingerprint density at radius 2 is 2.00 bits per heavy atom. The van der Waals surface area contributed by atoms with E-state index >= 15 is 0 Å². The average Bonchev–Trinajstić information content (AvgIpc) is 2.33. The van der Waals surface area contributed by atoms with Crippen LogP contribution in [-0.2, 0) is 9.47 Å². The van der Waals surface area contributed by atoms with Gasteiger partial charge in [-0.3, -0.25) is 0 Å². The predicted molar refractivity (Wildman–Crippen MR) is 83.5 cm³/mol. The SMILES string of the molecule is C=C(COC(C)(C)CCOC(C)C)NC(O)CCCC. The minimum atomic E-state index is -0.529. The van der Waals surface area contributed by atoms with Crippen LogP contribution in [0.1, 0.15) is 60.3 Å². The first kappa shape index (κ1) is 19.4. The molecule has 0 saturated carbocycles. The Bertz CT molecular complexity index is 264. The topological polar surface area (TPSA) is 50.7 Å². The van der Waals surface area contributed by atoms with Crippen LogP contribution in [0.2, 0.25) is 0 Å². The zero-order valence-electron chi connectivity index (χ0n) is 13.9. The molecule has 0 amide bonds. The molecule has 0 saturated heterocycles. The van der Waals surface area contributed by atoms with Gasteiger partial charge in [-0.2, -0.15) is 0 Å². The summed E-state index contributed by atoms with van der Waals surface area (Å²) >= 11 is 0. The summed E-state index contributed by atoms with van der Waals surface area (Å²) in [5.74, 6) is 0. The summed E-state index contributed by atoms with van der Waals surface area (Å²) in [5.41, 5.74) is 0.458. The third-order valence-corrected chi connectivity index (χ3v) is 2.99. The summed E-state index contributed by atoms with van der Waals surface area (Å²) in [6.07, 6.45) is 3.36. The molecule has 0 rings (SSSR count). The van der Waals surface area contributed by atoms with Crippen molar-refractivity contribution < 1.29 is 14.6 Å². The number of ether oxygens (including phenoxy) is 2. The van der Waals surface area contributed by atoms with Crippen LogP contribution >= 0.6 is 0 Å². The molecule has 20 heavy (non-hydrogen) atoms. The fourth-order valence-corrected chi connectivity index (χ4v) is 1.64. The Kier molecular flexibility index (Phi) is 9.90. The monoisotopic (exact) mass is 287 g/mol. The van der Waals surface area contributed by atoms with E-state index in [1.807, 2.05) is 27.7 Å². The minimum Gasteiger partial charge on any atom is -0.379 e. The highest BCUT2D eigenvalue weighted by molar-refractivity contribution is 4.92. The smallest absolute Gasteiger partial charge is 0.124 e. The molecular formula is C16H33NO3. The van der Waals surface area contributed by atoms with Crippen molar-refractivity contribution in [3.63, 3.8) is 0 Å². The maximum atomic E-state index is 9.74. The number of aliphatic hydroxyl groups is 1. The second-order valence-corrected chi connectivity index (χ2v) is 6.12. The molecule has 0 fully saturated rings. The van der Waals surface area contributed by atoms with E-state index in [0.717, 1.165) is 25.7 Å². The molecule has 0 bridgehead atoms. The van der Waals surface area contributed by atoms with Gasteiger partial charge in [0.05, 0.1) is 18.3 Å². The maximum absolute atomic E-state index is 9.74. The van der Waals surface area contributed by atoms with Crippen LogP contribution in [0.25, 0.3) is 0 Å². The standard InChI is InChI=1S/C16H33NO3/c1-7-8-9-15(18)17-14(4)12-20-16(5,6)10-11-19-13(2)3/h13,15,17-18H,4,7-12H2,1-3,5-6H3. The van der Waals surface area contributed by atoms with Gasteiger partial charge in [-0.15, -0.1) is 0 Å². The fraction of sp³-hybridized carbons (Fsp3) is 0.875. The molecule has 0 aliphatic rings. The molecule has 0 radical (unpaired) electrons. The van der Waals surface area contributed by atoms with E-state index in [1.54, 1.807) is 0 Å².